The van der Waals surface area contributed by atoms with Crippen LogP contribution in [-0.2, 0) is 9.47 Å². The first-order valence-electron chi connectivity index (χ1n) is 2.59. The van der Waals surface area contributed by atoms with Crippen molar-refractivity contribution in [2.75, 3.05) is 7.11 Å². The number of methoxy groups -OCH3 is 1. The van der Waals surface area contributed by atoms with Crippen LogP contribution in [0.3, 0.4) is 0 Å². The van der Waals surface area contributed by atoms with E-state index in [1.54, 1.807) is 0 Å². The largest absolute Gasteiger partial charge is 0.509 e. The lowest BCUT2D eigenvalue weighted by atomic mass is 10.5. The Morgan fingerprint density at radius 2 is 2.33 bits per heavy atom. The van der Waals surface area contributed by atoms with Gasteiger partial charge in [0.1, 0.15) is 0 Å². The third-order valence-electron chi connectivity index (χ3n) is 0.712. The Bertz CT molecular complexity index is 94.2. The number of rotatable bonds is 2. The fourth-order valence-electron chi connectivity index (χ4n) is 0.236. The van der Waals surface area contributed by atoms with Crippen LogP contribution in [0.15, 0.2) is 0 Å². The highest BCUT2D eigenvalue weighted by Gasteiger charge is 2.06. The Labute approximate surface area is 67.8 Å². The molecule has 0 aliphatic rings. The third kappa shape index (κ3) is 4.50. The molecule has 1 atom stereocenters. The maximum absolute atomic E-state index is 10.3. The summed E-state index contributed by atoms with van der Waals surface area (Å²) in [6.45, 7) is 1.93. The van der Waals surface area contributed by atoms with Gasteiger partial charge in [0.25, 0.3) is 0 Å². The maximum Gasteiger partial charge on any atom is 0.509 e. The zero-order chi connectivity index (χ0) is 7.28. The van der Waals surface area contributed by atoms with Crippen molar-refractivity contribution < 1.29 is 14.3 Å². The van der Waals surface area contributed by atoms with Crippen LogP contribution in [0.1, 0.15) is 13.3 Å². The second-order valence-corrected chi connectivity index (χ2v) is 2.78. The molecule has 9 heavy (non-hydrogen) atoms. The van der Waals surface area contributed by atoms with E-state index in [0.29, 0.717) is 0 Å². The molecule has 0 saturated carbocycles. The molecule has 0 amide bonds. The standard InChI is InChI=1S/C5H9IO3/c1-3-4(6)9-5(7)8-2/h4H,3H2,1-2H3. The molecule has 54 valence electrons. The Morgan fingerprint density at radius 1 is 1.78 bits per heavy atom. The quantitative estimate of drug-likeness (QED) is 0.423. The molecule has 0 radical (unpaired) electrons. The second kappa shape index (κ2) is 4.84. The minimum absolute atomic E-state index is 0.0740. The van der Waals surface area contributed by atoms with Gasteiger partial charge in [-0.15, -0.1) is 0 Å². The number of hydrogen-bond acceptors (Lipinski definition) is 3. The van der Waals surface area contributed by atoms with Crippen molar-refractivity contribution in [1.82, 2.24) is 0 Å². The highest BCUT2D eigenvalue weighted by molar-refractivity contribution is 14.1. The first-order valence-corrected chi connectivity index (χ1v) is 3.84. The van der Waals surface area contributed by atoms with Crippen LogP contribution >= 0.6 is 22.6 Å². The Morgan fingerprint density at radius 3 is 2.67 bits per heavy atom. The topological polar surface area (TPSA) is 35.5 Å². The molecule has 0 aromatic rings. The van der Waals surface area contributed by atoms with E-state index in [0.717, 1.165) is 6.42 Å². The summed E-state index contributed by atoms with van der Waals surface area (Å²) in [4.78, 5) is 10.3. The van der Waals surface area contributed by atoms with Crippen LogP contribution in [0, 0.1) is 0 Å². The molecule has 0 heterocycles. The van der Waals surface area contributed by atoms with Crippen LogP contribution < -0.4 is 0 Å². The molecule has 0 N–H and O–H groups in total. The van der Waals surface area contributed by atoms with Crippen molar-refractivity contribution in [1.29, 1.82) is 0 Å². The number of ether oxygens (including phenoxy) is 2. The molecule has 0 bridgehead atoms. The van der Waals surface area contributed by atoms with Crippen molar-refractivity contribution in [3.05, 3.63) is 0 Å². The van der Waals surface area contributed by atoms with E-state index in [1.807, 2.05) is 29.5 Å². The van der Waals surface area contributed by atoms with E-state index >= 15 is 0 Å². The maximum atomic E-state index is 10.3. The van der Waals surface area contributed by atoms with Gasteiger partial charge >= 0.3 is 6.16 Å². The molecule has 0 fully saturated rings. The summed E-state index contributed by atoms with van der Waals surface area (Å²) >= 11 is 2.02. The van der Waals surface area contributed by atoms with Gasteiger partial charge in [-0.05, 0) is 29.0 Å². The Hall–Kier alpha value is 0. The minimum atomic E-state index is -0.615. The van der Waals surface area contributed by atoms with Crippen LogP contribution in [-0.4, -0.2) is 17.4 Å². The molecule has 0 aliphatic heterocycles. The summed E-state index contributed by atoms with van der Waals surface area (Å²) in [5, 5.41) is 0. The predicted molar refractivity (Wildman–Crippen MR) is 41.6 cm³/mol. The molecule has 1 unspecified atom stereocenters. The molecule has 3 nitrogen and oxygen atoms in total. The zero-order valence-electron chi connectivity index (χ0n) is 5.39. The predicted octanol–water partition coefficient (Wildman–Crippen LogP) is 1.94. The second-order valence-electron chi connectivity index (χ2n) is 1.39. The first kappa shape index (κ1) is 9.00. The van der Waals surface area contributed by atoms with Crippen molar-refractivity contribution in [3.8, 4) is 0 Å². The molecular weight excluding hydrogens is 235 g/mol. The zero-order valence-corrected chi connectivity index (χ0v) is 7.54. The van der Waals surface area contributed by atoms with E-state index in [2.05, 4.69) is 9.47 Å². The molecule has 0 aliphatic carbocycles. The Kier molecular flexibility index (Phi) is 4.84. The van der Waals surface area contributed by atoms with Gasteiger partial charge in [0.2, 0.25) is 0 Å². The number of carbonyl (C=O) groups excluding carboxylic acids is 1. The van der Waals surface area contributed by atoms with E-state index in [4.69, 9.17) is 0 Å². The molecule has 0 saturated heterocycles. The van der Waals surface area contributed by atoms with Gasteiger partial charge in [0.05, 0.1) is 7.11 Å². The molecule has 0 aromatic carbocycles. The van der Waals surface area contributed by atoms with Crippen molar-refractivity contribution >= 4 is 28.7 Å². The summed E-state index contributed by atoms with van der Waals surface area (Å²) in [5.41, 5.74) is 0. The molecule has 4 heteroatoms. The molecule has 0 rings (SSSR count). The lowest BCUT2D eigenvalue weighted by Gasteiger charge is -2.06. The van der Waals surface area contributed by atoms with E-state index in [1.165, 1.54) is 7.11 Å². The van der Waals surface area contributed by atoms with Gasteiger partial charge < -0.3 is 9.47 Å². The molecular formula is C5H9IO3. The van der Waals surface area contributed by atoms with Gasteiger partial charge in [-0.25, -0.2) is 4.79 Å². The van der Waals surface area contributed by atoms with Gasteiger partial charge in [-0.3, -0.25) is 0 Å². The first-order chi connectivity index (χ1) is 4.20. The fourth-order valence-corrected chi connectivity index (χ4v) is 0.443. The van der Waals surface area contributed by atoms with E-state index in [9.17, 15) is 4.79 Å². The average Bonchev–Trinajstić information content (AvgIpc) is 1.87. The van der Waals surface area contributed by atoms with Crippen molar-refractivity contribution in [3.63, 3.8) is 0 Å². The molecule has 0 spiro atoms. The lowest BCUT2D eigenvalue weighted by molar-refractivity contribution is 0.0676. The van der Waals surface area contributed by atoms with Crippen LogP contribution in [0.5, 0.6) is 0 Å². The number of carbonyl (C=O) groups is 1. The highest BCUT2D eigenvalue weighted by Crippen LogP contribution is 2.07. The van der Waals surface area contributed by atoms with E-state index < -0.39 is 6.16 Å². The SMILES string of the molecule is CCC(I)OC(=O)OC. The third-order valence-corrected chi connectivity index (χ3v) is 1.85. The van der Waals surface area contributed by atoms with Crippen LogP contribution in [0.25, 0.3) is 0 Å². The fraction of sp³-hybridized carbons (Fsp3) is 0.800. The highest BCUT2D eigenvalue weighted by atomic mass is 127. The molecule has 0 aromatic heterocycles. The number of hydrogen-bond donors (Lipinski definition) is 0. The average molecular weight is 244 g/mol. The number of alkyl halides is 1. The Balaban J connectivity index is 3.34. The smallest absolute Gasteiger partial charge is 0.438 e. The summed E-state index contributed by atoms with van der Waals surface area (Å²) in [6.07, 6.45) is 0.187. The van der Waals surface area contributed by atoms with Crippen LogP contribution in [0.2, 0.25) is 0 Å². The van der Waals surface area contributed by atoms with Crippen LogP contribution in [0.4, 0.5) is 4.79 Å². The van der Waals surface area contributed by atoms with Crippen molar-refractivity contribution in [2.24, 2.45) is 0 Å². The summed E-state index contributed by atoms with van der Waals surface area (Å²) in [6, 6.07) is 0. The van der Waals surface area contributed by atoms with Gasteiger partial charge in [-0.2, -0.15) is 0 Å². The summed E-state index contributed by atoms with van der Waals surface area (Å²) in [5.74, 6) is 0. The van der Waals surface area contributed by atoms with E-state index in [-0.39, 0.29) is 4.11 Å². The van der Waals surface area contributed by atoms with Gasteiger partial charge in [-0.1, -0.05) is 6.92 Å². The summed E-state index contributed by atoms with van der Waals surface area (Å²) in [7, 11) is 1.29. The number of halogens is 1. The minimum Gasteiger partial charge on any atom is -0.438 e. The lowest BCUT2D eigenvalue weighted by Crippen LogP contribution is -2.10. The van der Waals surface area contributed by atoms with Gasteiger partial charge in [0.15, 0.2) is 4.11 Å². The van der Waals surface area contributed by atoms with Gasteiger partial charge in [0, 0.05) is 0 Å². The van der Waals surface area contributed by atoms with Crippen molar-refractivity contribution in [2.45, 2.75) is 17.5 Å². The monoisotopic (exact) mass is 244 g/mol. The normalized spacial score (nSPS) is 12.3. The summed E-state index contributed by atoms with van der Waals surface area (Å²) < 4.78 is 8.86.